The Bertz CT molecular complexity index is 609. The van der Waals surface area contributed by atoms with E-state index in [2.05, 4.69) is 15.6 Å². The van der Waals surface area contributed by atoms with Crippen molar-refractivity contribution in [3.05, 3.63) is 41.2 Å². The quantitative estimate of drug-likeness (QED) is 0.879. The third-order valence-electron chi connectivity index (χ3n) is 2.26. The number of aromatic nitrogens is 3. The van der Waals surface area contributed by atoms with Crippen molar-refractivity contribution in [2.75, 3.05) is 5.32 Å². The predicted octanol–water partition coefficient (Wildman–Crippen LogP) is 1.27. The minimum atomic E-state index is -1.19. The van der Waals surface area contributed by atoms with Crippen molar-refractivity contribution in [1.29, 1.82) is 0 Å². The van der Waals surface area contributed by atoms with E-state index in [-0.39, 0.29) is 12.2 Å². The van der Waals surface area contributed by atoms with Crippen LogP contribution in [0.5, 0.6) is 0 Å². The molecule has 7 nitrogen and oxygen atoms in total. The highest BCUT2D eigenvalue weighted by Gasteiger charge is 2.14. The van der Waals surface area contributed by atoms with Crippen molar-refractivity contribution in [3.63, 3.8) is 0 Å². The smallest absolute Gasteiger partial charge is 0.355 e. The van der Waals surface area contributed by atoms with E-state index >= 15 is 0 Å². The minimum Gasteiger partial charge on any atom is -0.476 e. The van der Waals surface area contributed by atoms with Crippen LogP contribution in [0.15, 0.2) is 30.5 Å². The topological polar surface area (TPSA) is 97.1 Å². The lowest BCUT2D eigenvalue weighted by molar-refractivity contribution is -0.116. The first-order chi connectivity index (χ1) is 9.06. The standard InChI is InChI=1S/C11H9ClN4O3/c12-7-1-3-8(4-2-7)14-10(17)6-16-9(11(18)19)5-13-15-16/h1-5H,6H2,(H,14,17)(H,18,19). The van der Waals surface area contributed by atoms with E-state index in [1.54, 1.807) is 24.3 Å². The second-order valence-electron chi connectivity index (χ2n) is 3.64. The van der Waals surface area contributed by atoms with Gasteiger partial charge >= 0.3 is 5.97 Å². The van der Waals surface area contributed by atoms with E-state index in [0.29, 0.717) is 10.7 Å². The Morgan fingerprint density at radius 2 is 2.00 bits per heavy atom. The molecule has 0 saturated carbocycles. The van der Waals surface area contributed by atoms with Crippen LogP contribution in [0, 0.1) is 0 Å². The fraction of sp³-hybridized carbons (Fsp3) is 0.0909. The van der Waals surface area contributed by atoms with Crippen molar-refractivity contribution in [1.82, 2.24) is 15.0 Å². The summed E-state index contributed by atoms with van der Waals surface area (Å²) < 4.78 is 1.01. The molecule has 0 aliphatic heterocycles. The maximum Gasteiger partial charge on any atom is 0.355 e. The lowest BCUT2D eigenvalue weighted by Gasteiger charge is -2.06. The fourth-order valence-corrected chi connectivity index (χ4v) is 1.54. The summed E-state index contributed by atoms with van der Waals surface area (Å²) in [6, 6.07) is 6.55. The molecule has 1 aromatic heterocycles. The first-order valence-electron chi connectivity index (χ1n) is 5.23. The van der Waals surface area contributed by atoms with E-state index in [0.717, 1.165) is 10.9 Å². The highest BCUT2D eigenvalue weighted by atomic mass is 35.5. The Balaban J connectivity index is 2.03. The Morgan fingerprint density at radius 1 is 1.32 bits per heavy atom. The number of hydrogen-bond acceptors (Lipinski definition) is 4. The molecule has 0 spiro atoms. The second kappa shape index (κ2) is 5.49. The molecular formula is C11H9ClN4O3. The van der Waals surface area contributed by atoms with Crippen LogP contribution in [0.4, 0.5) is 5.69 Å². The van der Waals surface area contributed by atoms with Crippen LogP contribution < -0.4 is 5.32 Å². The molecule has 0 bridgehead atoms. The molecule has 2 aromatic rings. The van der Waals surface area contributed by atoms with Crippen LogP contribution in [-0.4, -0.2) is 32.0 Å². The van der Waals surface area contributed by atoms with E-state index in [9.17, 15) is 9.59 Å². The molecule has 98 valence electrons. The molecule has 0 fully saturated rings. The highest BCUT2D eigenvalue weighted by Crippen LogP contribution is 2.13. The maximum atomic E-state index is 11.7. The summed E-state index contributed by atoms with van der Waals surface area (Å²) >= 11 is 5.72. The molecule has 0 aliphatic rings. The number of carboxylic acids is 1. The van der Waals surface area contributed by atoms with Gasteiger partial charge in [-0.25, -0.2) is 9.48 Å². The molecule has 8 heteroatoms. The Morgan fingerprint density at radius 3 is 2.63 bits per heavy atom. The van der Waals surface area contributed by atoms with Gasteiger partial charge in [0.05, 0.1) is 6.20 Å². The number of benzene rings is 1. The molecule has 1 aromatic carbocycles. The largest absolute Gasteiger partial charge is 0.476 e. The number of carboxylic acid groups (broad SMARTS) is 1. The molecule has 0 unspecified atom stereocenters. The van der Waals surface area contributed by atoms with Gasteiger partial charge < -0.3 is 10.4 Å². The van der Waals surface area contributed by atoms with Crippen LogP contribution in [0.2, 0.25) is 5.02 Å². The maximum absolute atomic E-state index is 11.7. The van der Waals surface area contributed by atoms with E-state index < -0.39 is 11.9 Å². The number of nitrogens with zero attached hydrogens (tertiary/aromatic N) is 3. The van der Waals surface area contributed by atoms with E-state index in [1.165, 1.54) is 0 Å². The number of aromatic carboxylic acids is 1. The summed E-state index contributed by atoms with van der Waals surface area (Å²) in [5, 5.41) is 19.0. The summed E-state index contributed by atoms with van der Waals surface area (Å²) in [6.07, 6.45) is 1.08. The number of rotatable bonds is 4. The number of carbonyl (C=O) groups is 2. The van der Waals surface area contributed by atoms with Gasteiger partial charge in [-0.3, -0.25) is 4.79 Å². The average molecular weight is 281 g/mol. The zero-order valence-electron chi connectivity index (χ0n) is 9.58. The molecule has 0 saturated heterocycles. The Hall–Kier alpha value is -2.41. The summed E-state index contributed by atoms with van der Waals surface area (Å²) in [4.78, 5) is 22.5. The van der Waals surface area contributed by atoms with Crippen LogP contribution in [0.1, 0.15) is 10.5 Å². The third kappa shape index (κ3) is 3.29. The Kier molecular flexibility index (Phi) is 3.76. The lowest BCUT2D eigenvalue weighted by atomic mass is 10.3. The van der Waals surface area contributed by atoms with Gasteiger partial charge in [-0.05, 0) is 24.3 Å². The van der Waals surface area contributed by atoms with Gasteiger partial charge in [0, 0.05) is 10.7 Å². The van der Waals surface area contributed by atoms with E-state index in [4.69, 9.17) is 16.7 Å². The van der Waals surface area contributed by atoms with Gasteiger partial charge in [0.15, 0.2) is 5.69 Å². The summed E-state index contributed by atoms with van der Waals surface area (Å²) in [6.45, 7) is -0.232. The lowest BCUT2D eigenvalue weighted by Crippen LogP contribution is -2.22. The highest BCUT2D eigenvalue weighted by molar-refractivity contribution is 6.30. The minimum absolute atomic E-state index is 0.147. The molecule has 1 heterocycles. The van der Waals surface area contributed by atoms with Gasteiger partial charge in [0.2, 0.25) is 5.91 Å². The average Bonchev–Trinajstić information content (AvgIpc) is 2.80. The van der Waals surface area contributed by atoms with E-state index in [1.807, 2.05) is 0 Å². The second-order valence-corrected chi connectivity index (χ2v) is 4.07. The van der Waals surface area contributed by atoms with Gasteiger partial charge in [0.25, 0.3) is 0 Å². The number of amides is 1. The molecule has 0 aliphatic carbocycles. The van der Waals surface area contributed by atoms with Gasteiger partial charge in [-0.15, -0.1) is 5.10 Å². The zero-order valence-corrected chi connectivity index (χ0v) is 10.3. The molecule has 1 amide bonds. The van der Waals surface area contributed by atoms with Crippen LogP contribution in [0.25, 0.3) is 0 Å². The number of anilines is 1. The van der Waals surface area contributed by atoms with Crippen molar-refractivity contribution < 1.29 is 14.7 Å². The number of nitrogens with one attached hydrogen (secondary N) is 1. The number of halogens is 1. The molecule has 0 radical (unpaired) electrons. The van der Waals surface area contributed by atoms with Crippen molar-refractivity contribution >= 4 is 29.2 Å². The monoisotopic (exact) mass is 280 g/mol. The zero-order chi connectivity index (χ0) is 13.8. The summed E-state index contributed by atoms with van der Waals surface area (Å²) in [5.74, 6) is -1.60. The third-order valence-corrected chi connectivity index (χ3v) is 2.51. The fourth-order valence-electron chi connectivity index (χ4n) is 1.41. The molecule has 0 atom stereocenters. The number of carbonyl (C=O) groups excluding carboxylic acids is 1. The summed E-state index contributed by atoms with van der Waals surface area (Å²) in [5.41, 5.74) is 0.414. The first kappa shape index (κ1) is 13.0. The summed E-state index contributed by atoms with van der Waals surface area (Å²) in [7, 11) is 0. The van der Waals surface area contributed by atoms with Crippen molar-refractivity contribution in [2.45, 2.75) is 6.54 Å². The Labute approximate surface area is 112 Å². The first-order valence-corrected chi connectivity index (χ1v) is 5.61. The predicted molar refractivity (Wildman–Crippen MR) is 67.1 cm³/mol. The van der Waals surface area contributed by atoms with Gasteiger partial charge in [-0.1, -0.05) is 16.8 Å². The van der Waals surface area contributed by atoms with Crippen LogP contribution in [-0.2, 0) is 11.3 Å². The number of hydrogen-bond donors (Lipinski definition) is 2. The molecule has 2 N–H and O–H groups in total. The normalized spacial score (nSPS) is 10.2. The molecule has 2 rings (SSSR count). The van der Waals surface area contributed by atoms with Crippen LogP contribution >= 0.6 is 11.6 Å². The van der Waals surface area contributed by atoms with Crippen LogP contribution in [0.3, 0.4) is 0 Å². The molecular weight excluding hydrogens is 272 g/mol. The van der Waals surface area contributed by atoms with Gasteiger partial charge in [-0.2, -0.15) is 0 Å². The SMILES string of the molecule is O=C(Cn1nncc1C(=O)O)Nc1ccc(Cl)cc1. The van der Waals surface area contributed by atoms with Gasteiger partial charge in [0.1, 0.15) is 6.54 Å². The molecule has 19 heavy (non-hydrogen) atoms. The van der Waals surface area contributed by atoms with Crippen molar-refractivity contribution in [2.24, 2.45) is 0 Å². The van der Waals surface area contributed by atoms with Crippen molar-refractivity contribution in [3.8, 4) is 0 Å².